The normalized spacial score (nSPS) is 11.9. The molecule has 0 radical (unpaired) electrons. The lowest BCUT2D eigenvalue weighted by Crippen LogP contribution is -1.91. The molecule has 2 heteroatoms. The van der Waals surface area contributed by atoms with Crippen LogP contribution in [0.25, 0.3) is 131 Å². The molecule has 0 fully saturated rings. The first-order chi connectivity index (χ1) is 30.2. The van der Waals surface area contributed by atoms with E-state index in [2.05, 4.69) is 194 Å². The van der Waals surface area contributed by atoms with Gasteiger partial charge in [0.05, 0.1) is 11.6 Å². The smallest absolute Gasteiger partial charge is 0.136 e. The highest BCUT2D eigenvalue weighted by Crippen LogP contribution is 2.46. The van der Waals surface area contributed by atoms with Crippen molar-refractivity contribution in [3.05, 3.63) is 206 Å². The van der Waals surface area contributed by atoms with Gasteiger partial charge in [-0.2, -0.15) is 5.26 Å². The molecule has 1 heterocycles. The van der Waals surface area contributed by atoms with Crippen molar-refractivity contribution in [2.24, 2.45) is 0 Å². The van der Waals surface area contributed by atoms with Crippen LogP contribution in [0.2, 0.25) is 0 Å². The summed E-state index contributed by atoms with van der Waals surface area (Å²) in [5, 5.41) is 28.9. The molecule has 0 spiro atoms. The van der Waals surface area contributed by atoms with E-state index >= 15 is 0 Å². The lowest BCUT2D eigenvalue weighted by atomic mass is 9.85. The van der Waals surface area contributed by atoms with Crippen molar-refractivity contribution < 1.29 is 4.42 Å². The van der Waals surface area contributed by atoms with Gasteiger partial charge in [0.2, 0.25) is 0 Å². The summed E-state index contributed by atoms with van der Waals surface area (Å²) in [7, 11) is 0. The van der Waals surface area contributed by atoms with Crippen LogP contribution in [0, 0.1) is 11.3 Å². The molecular formula is C59H33NO. The van der Waals surface area contributed by atoms with Gasteiger partial charge in [-0.3, -0.25) is 0 Å². The molecule has 2 nitrogen and oxygen atoms in total. The first-order valence-electron chi connectivity index (χ1n) is 20.8. The van der Waals surface area contributed by atoms with Crippen LogP contribution < -0.4 is 0 Å². The molecule has 0 aliphatic rings. The highest BCUT2D eigenvalue weighted by Gasteiger charge is 2.19. The topological polar surface area (TPSA) is 36.9 Å². The first-order valence-corrected chi connectivity index (χ1v) is 20.8. The fourth-order valence-corrected chi connectivity index (χ4v) is 10.2. The average Bonchev–Trinajstić information content (AvgIpc) is 3.70. The van der Waals surface area contributed by atoms with Gasteiger partial charge >= 0.3 is 0 Å². The van der Waals surface area contributed by atoms with Crippen molar-refractivity contribution >= 4 is 97.3 Å². The van der Waals surface area contributed by atoms with Gasteiger partial charge in [0.15, 0.2) is 0 Å². The van der Waals surface area contributed by atoms with E-state index in [0.29, 0.717) is 5.56 Å². The Hall–Kier alpha value is -8.25. The molecule has 0 aliphatic carbocycles. The number of fused-ring (bicyclic) bond motifs is 14. The van der Waals surface area contributed by atoms with E-state index in [1.165, 1.54) is 109 Å². The number of benzene rings is 12. The van der Waals surface area contributed by atoms with Gasteiger partial charge in [0, 0.05) is 10.8 Å². The maximum absolute atomic E-state index is 9.47. The zero-order valence-corrected chi connectivity index (χ0v) is 32.9. The van der Waals surface area contributed by atoms with Crippen LogP contribution in [-0.4, -0.2) is 0 Å². The molecule has 12 aromatic carbocycles. The van der Waals surface area contributed by atoms with Gasteiger partial charge in [-0.15, -0.1) is 0 Å². The summed E-state index contributed by atoms with van der Waals surface area (Å²) >= 11 is 0. The number of hydrogen-bond acceptors (Lipinski definition) is 2. The second kappa shape index (κ2) is 12.9. The molecule has 61 heavy (non-hydrogen) atoms. The van der Waals surface area contributed by atoms with Crippen LogP contribution in [-0.2, 0) is 0 Å². The summed E-state index contributed by atoms with van der Waals surface area (Å²) in [6.07, 6.45) is 0. The number of rotatable bonds is 3. The van der Waals surface area contributed by atoms with Gasteiger partial charge < -0.3 is 4.42 Å². The van der Waals surface area contributed by atoms with Crippen molar-refractivity contribution in [2.75, 3.05) is 0 Å². The summed E-state index contributed by atoms with van der Waals surface area (Å²) in [5.41, 5.74) is 9.60. The Kier molecular flexibility index (Phi) is 7.11. The number of nitrogens with zero attached hydrogens (tertiary/aromatic N) is 1. The summed E-state index contributed by atoms with van der Waals surface area (Å²) in [6, 6.07) is 74.7. The molecule has 0 amide bonds. The molecule has 0 N–H and O–H groups in total. The molecule has 0 saturated carbocycles. The van der Waals surface area contributed by atoms with Crippen molar-refractivity contribution in [3.8, 4) is 39.4 Å². The van der Waals surface area contributed by atoms with Gasteiger partial charge in [0.1, 0.15) is 11.2 Å². The second-order valence-corrected chi connectivity index (χ2v) is 16.3. The Labute approximate surface area is 350 Å². The summed E-state index contributed by atoms with van der Waals surface area (Å²) < 4.78 is 6.56. The lowest BCUT2D eigenvalue weighted by molar-refractivity contribution is 0.670. The number of furan rings is 1. The van der Waals surface area contributed by atoms with Crippen LogP contribution in [0.15, 0.2) is 205 Å². The maximum Gasteiger partial charge on any atom is 0.136 e. The van der Waals surface area contributed by atoms with Crippen LogP contribution >= 0.6 is 0 Å². The Morgan fingerprint density at radius 3 is 1.44 bits per heavy atom. The van der Waals surface area contributed by atoms with E-state index in [1.54, 1.807) is 0 Å². The van der Waals surface area contributed by atoms with Crippen molar-refractivity contribution in [1.29, 1.82) is 5.26 Å². The summed E-state index contributed by atoms with van der Waals surface area (Å²) in [5.74, 6) is 0. The zero-order valence-electron chi connectivity index (χ0n) is 32.9. The van der Waals surface area contributed by atoms with Crippen LogP contribution in [0.5, 0.6) is 0 Å². The minimum atomic E-state index is 0.662. The molecular weight excluding hydrogens is 739 g/mol. The Balaban J connectivity index is 0.951. The fraction of sp³-hybridized carbons (Fsp3) is 0. The molecule has 0 unspecified atom stereocenters. The van der Waals surface area contributed by atoms with E-state index in [1.807, 2.05) is 12.1 Å². The molecule has 0 saturated heterocycles. The predicted octanol–water partition coefficient (Wildman–Crippen LogP) is 16.5. The third-order valence-electron chi connectivity index (χ3n) is 13.0. The molecule has 13 aromatic rings. The second-order valence-electron chi connectivity index (χ2n) is 16.3. The first kappa shape index (κ1) is 33.7. The van der Waals surface area contributed by atoms with Crippen LogP contribution in [0.3, 0.4) is 0 Å². The highest BCUT2D eigenvalue weighted by molar-refractivity contribution is 6.30. The quantitative estimate of drug-likeness (QED) is 0.132. The molecule has 0 bridgehead atoms. The number of nitriles is 1. The van der Waals surface area contributed by atoms with Crippen molar-refractivity contribution in [3.63, 3.8) is 0 Å². The lowest BCUT2D eigenvalue weighted by Gasteiger charge is -2.18. The van der Waals surface area contributed by atoms with E-state index in [4.69, 9.17) is 4.42 Å². The Morgan fingerprint density at radius 2 is 0.770 bits per heavy atom. The molecule has 0 aliphatic heterocycles. The molecule has 280 valence electrons. The van der Waals surface area contributed by atoms with E-state index in [0.717, 1.165) is 22.1 Å². The zero-order chi connectivity index (χ0) is 40.2. The van der Waals surface area contributed by atoms with E-state index in [-0.39, 0.29) is 0 Å². The van der Waals surface area contributed by atoms with Gasteiger partial charge in [0.25, 0.3) is 0 Å². The number of hydrogen-bond donors (Lipinski definition) is 0. The average molecular weight is 772 g/mol. The van der Waals surface area contributed by atoms with E-state index in [9.17, 15) is 5.26 Å². The van der Waals surface area contributed by atoms with Crippen molar-refractivity contribution in [2.45, 2.75) is 0 Å². The van der Waals surface area contributed by atoms with Gasteiger partial charge in [-0.25, -0.2) is 0 Å². The third kappa shape index (κ3) is 5.02. The fourth-order valence-electron chi connectivity index (χ4n) is 10.2. The van der Waals surface area contributed by atoms with Crippen LogP contribution in [0.1, 0.15) is 5.56 Å². The minimum Gasteiger partial charge on any atom is -0.456 e. The Bertz CT molecular complexity index is 3990. The largest absolute Gasteiger partial charge is 0.456 e. The Morgan fingerprint density at radius 1 is 0.295 bits per heavy atom. The SMILES string of the molecule is N#Cc1ccc(-c2c3ccccc3c(-c3ccc4cc(-c5ccc6c(c5)c5ccccc5c5cc7c(cc65)oc5ccc6ccccc6c57)ccc4c3)c3ccccc23)cc1. The minimum absolute atomic E-state index is 0.662. The van der Waals surface area contributed by atoms with Crippen LogP contribution in [0.4, 0.5) is 0 Å². The monoisotopic (exact) mass is 771 g/mol. The predicted molar refractivity (Wildman–Crippen MR) is 257 cm³/mol. The van der Waals surface area contributed by atoms with Gasteiger partial charge in [-0.05, 0) is 157 Å². The summed E-state index contributed by atoms with van der Waals surface area (Å²) in [4.78, 5) is 0. The van der Waals surface area contributed by atoms with Gasteiger partial charge in [-0.1, -0.05) is 152 Å². The highest BCUT2D eigenvalue weighted by atomic mass is 16.3. The molecule has 13 rings (SSSR count). The standard InChI is InChI=1S/C59H33NO/c60-34-35-17-19-37(20-18-35)57-47-13-5-7-15-49(47)58(50-16-8-6-14-48(50)57)42-24-23-38-29-39(21-22-40(38)30-42)41-25-27-46-51(31-41)44-11-3-4-12-45(44)52-32-54-56(33-53(46)52)61-55-28-26-36-9-1-2-10-43(36)59(54)55/h1-33H. The van der Waals surface area contributed by atoms with Crippen molar-refractivity contribution in [1.82, 2.24) is 0 Å². The summed E-state index contributed by atoms with van der Waals surface area (Å²) in [6.45, 7) is 0. The van der Waals surface area contributed by atoms with E-state index < -0.39 is 0 Å². The third-order valence-corrected chi connectivity index (χ3v) is 13.0. The maximum atomic E-state index is 9.47. The molecule has 0 atom stereocenters. The molecule has 1 aromatic heterocycles.